The number of hydrogen-bond donors (Lipinski definition) is 2. The molecule has 2 aromatic rings. The number of sulfone groups is 1. The van der Waals surface area contributed by atoms with E-state index < -0.39 is 32.5 Å². The van der Waals surface area contributed by atoms with Gasteiger partial charge in [-0.1, -0.05) is 37.3 Å². The third kappa shape index (κ3) is 4.03. The van der Waals surface area contributed by atoms with Gasteiger partial charge in [0.2, 0.25) is 0 Å². The highest BCUT2D eigenvalue weighted by Crippen LogP contribution is 2.26. The zero-order valence-electron chi connectivity index (χ0n) is 15.5. The van der Waals surface area contributed by atoms with E-state index in [1.54, 1.807) is 51.1 Å². The van der Waals surface area contributed by atoms with Gasteiger partial charge >= 0.3 is 5.97 Å². The molecule has 1 unspecified atom stereocenters. The van der Waals surface area contributed by atoms with E-state index >= 15 is 0 Å². The van der Waals surface area contributed by atoms with Gasteiger partial charge in [-0.05, 0) is 50.1 Å². The van der Waals surface area contributed by atoms with Crippen LogP contribution in [0.3, 0.4) is 0 Å². The summed E-state index contributed by atoms with van der Waals surface area (Å²) in [5, 5.41) is 11.8. The second-order valence-electron chi connectivity index (χ2n) is 6.50. The van der Waals surface area contributed by atoms with Crippen LogP contribution in [-0.2, 0) is 20.2 Å². The molecular weight excluding hydrogens is 366 g/mol. The van der Waals surface area contributed by atoms with Gasteiger partial charge in [-0.3, -0.25) is 4.79 Å². The molecule has 0 aromatic heterocycles. The number of carboxylic acids is 1. The molecule has 2 N–H and O–H groups in total. The molecule has 27 heavy (non-hydrogen) atoms. The van der Waals surface area contributed by atoms with Crippen molar-refractivity contribution in [1.82, 2.24) is 5.32 Å². The number of nitrogens with one attached hydrogen (secondary N) is 1. The molecule has 1 amide bonds. The lowest BCUT2D eigenvalue weighted by molar-refractivity contribution is -0.145. The van der Waals surface area contributed by atoms with E-state index in [-0.39, 0.29) is 16.9 Å². The Kier molecular flexibility index (Phi) is 6.05. The predicted octanol–water partition coefficient (Wildman–Crippen LogP) is 2.99. The number of hydrogen-bond acceptors (Lipinski definition) is 4. The van der Waals surface area contributed by atoms with Crippen LogP contribution in [0.25, 0.3) is 0 Å². The molecule has 0 spiro atoms. The highest BCUT2D eigenvalue weighted by molar-refractivity contribution is 7.92. The van der Waals surface area contributed by atoms with Crippen LogP contribution in [0, 0.1) is 0 Å². The summed E-state index contributed by atoms with van der Waals surface area (Å²) in [6, 6.07) is 14.0. The second kappa shape index (κ2) is 7.92. The van der Waals surface area contributed by atoms with Crippen molar-refractivity contribution in [2.75, 3.05) is 0 Å². The maximum atomic E-state index is 12.7. The van der Waals surface area contributed by atoms with Crippen molar-refractivity contribution in [1.29, 1.82) is 0 Å². The van der Waals surface area contributed by atoms with Gasteiger partial charge in [-0.15, -0.1) is 0 Å². The lowest BCUT2D eigenvalue weighted by atomic mass is 9.87. The van der Waals surface area contributed by atoms with Crippen molar-refractivity contribution >= 4 is 21.7 Å². The largest absolute Gasteiger partial charge is 0.479 e. The lowest BCUT2D eigenvalue weighted by Crippen LogP contribution is -2.51. The highest BCUT2D eigenvalue weighted by atomic mass is 32.2. The fraction of sp³-hybridized carbons (Fsp3) is 0.300. The molecule has 0 saturated carbocycles. The normalized spacial score (nSPS) is 13.8. The Hall–Kier alpha value is -2.67. The first kappa shape index (κ1) is 20.6. The van der Waals surface area contributed by atoms with E-state index in [1.165, 1.54) is 24.3 Å². The zero-order chi connectivity index (χ0) is 20.2. The first-order chi connectivity index (χ1) is 12.6. The summed E-state index contributed by atoms with van der Waals surface area (Å²) >= 11 is 0. The smallest absolute Gasteiger partial charge is 0.334 e. The summed E-state index contributed by atoms with van der Waals surface area (Å²) in [5.74, 6) is -1.75. The van der Waals surface area contributed by atoms with Crippen molar-refractivity contribution in [3.05, 3.63) is 65.7 Å². The van der Waals surface area contributed by atoms with E-state index in [0.717, 1.165) is 0 Å². The van der Waals surface area contributed by atoms with Gasteiger partial charge in [0.1, 0.15) is 0 Å². The number of amides is 1. The molecule has 7 heteroatoms. The van der Waals surface area contributed by atoms with Gasteiger partial charge in [0.25, 0.3) is 5.91 Å². The fourth-order valence-corrected chi connectivity index (χ4v) is 3.81. The van der Waals surface area contributed by atoms with E-state index in [1.807, 2.05) is 0 Å². The molecule has 2 rings (SSSR count). The topological polar surface area (TPSA) is 101 Å². The molecular formula is C20H23NO5S. The summed E-state index contributed by atoms with van der Waals surface area (Å²) in [6.07, 6.45) is 0.151. The van der Waals surface area contributed by atoms with Crippen molar-refractivity contribution in [3.8, 4) is 0 Å². The Balaban J connectivity index is 2.35. The van der Waals surface area contributed by atoms with Crippen molar-refractivity contribution in [2.45, 2.75) is 42.9 Å². The molecule has 0 aliphatic rings. The van der Waals surface area contributed by atoms with Crippen LogP contribution >= 0.6 is 0 Å². The lowest BCUT2D eigenvalue weighted by Gasteiger charge is -2.30. The monoisotopic (exact) mass is 389 g/mol. The number of benzene rings is 2. The van der Waals surface area contributed by atoms with Crippen molar-refractivity contribution < 1.29 is 23.1 Å². The van der Waals surface area contributed by atoms with Crippen molar-refractivity contribution in [3.63, 3.8) is 0 Å². The molecule has 2 aromatic carbocycles. The van der Waals surface area contributed by atoms with E-state index in [4.69, 9.17) is 0 Å². The Morgan fingerprint density at radius 2 is 1.59 bits per heavy atom. The predicted molar refractivity (Wildman–Crippen MR) is 102 cm³/mol. The molecule has 0 heterocycles. The van der Waals surface area contributed by atoms with Crippen LogP contribution in [0.4, 0.5) is 0 Å². The summed E-state index contributed by atoms with van der Waals surface area (Å²) in [7, 11) is -3.44. The minimum atomic E-state index is -3.44. The number of carbonyl (C=O) groups excluding carboxylic acids is 1. The van der Waals surface area contributed by atoms with Gasteiger partial charge in [0.15, 0.2) is 15.4 Å². The van der Waals surface area contributed by atoms with Gasteiger partial charge in [0.05, 0.1) is 10.1 Å². The van der Waals surface area contributed by atoms with Crippen molar-refractivity contribution in [2.24, 2.45) is 0 Å². The van der Waals surface area contributed by atoms with Crippen LogP contribution in [0.1, 0.15) is 43.1 Å². The number of aliphatic carboxylic acids is 1. The molecule has 144 valence electrons. The molecule has 6 nitrogen and oxygen atoms in total. The van der Waals surface area contributed by atoms with Gasteiger partial charge in [-0.2, -0.15) is 0 Å². The number of carboxylic acid groups (broad SMARTS) is 1. The van der Waals surface area contributed by atoms with Crippen LogP contribution in [0.5, 0.6) is 0 Å². The molecule has 0 aliphatic heterocycles. The Morgan fingerprint density at radius 3 is 2.04 bits per heavy atom. The maximum absolute atomic E-state index is 12.7. The minimum Gasteiger partial charge on any atom is -0.479 e. The van der Waals surface area contributed by atoms with Crippen LogP contribution in [0.15, 0.2) is 59.5 Å². The SMILES string of the molecule is CCC(NC(=O)c1ccc(S(=O)(=O)C(C)C)cc1)(C(=O)O)c1ccccc1. The van der Waals surface area contributed by atoms with Crippen LogP contribution in [-0.4, -0.2) is 30.7 Å². The maximum Gasteiger partial charge on any atom is 0.334 e. The number of rotatable bonds is 7. The van der Waals surface area contributed by atoms with Crippen LogP contribution < -0.4 is 5.32 Å². The fourth-order valence-electron chi connectivity index (χ4n) is 2.75. The quantitative estimate of drug-likeness (QED) is 0.758. The first-order valence-corrected chi connectivity index (χ1v) is 10.1. The number of carbonyl (C=O) groups is 2. The second-order valence-corrected chi connectivity index (χ2v) is 9.01. The van der Waals surface area contributed by atoms with Gasteiger partial charge in [-0.25, -0.2) is 13.2 Å². The highest BCUT2D eigenvalue weighted by Gasteiger charge is 2.40. The Labute approximate surface area is 159 Å². The third-order valence-electron chi connectivity index (χ3n) is 4.55. The molecule has 0 fully saturated rings. The molecule has 0 radical (unpaired) electrons. The van der Waals surface area contributed by atoms with E-state index in [0.29, 0.717) is 5.56 Å². The minimum absolute atomic E-state index is 0.122. The van der Waals surface area contributed by atoms with E-state index in [9.17, 15) is 23.1 Å². The molecule has 0 saturated heterocycles. The first-order valence-electron chi connectivity index (χ1n) is 8.60. The summed E-state index contributed by atoms with van der Waals surface area (Å²) < 4.78 is 24.4. The summed E-state index contributed by atoms with van der Waals surface area (Å²) in [4.78, 5) is 24.8. The molecule has 1 atom stereocenters. The average molecular weight is 389 g/mol. The molecule has 0 bridgehead atoms. The van der Waals surface area contributed by atoms with Gasteiger partial charge < -0.3 is 10.4 Å². The van der Waals surface area contributed by atoms with Crippen LogP contribution in [0.2, 0.25) is 0 Å². The standard InChI is InChI=1S/C20H23NO5S/c1-4-20(19(23)24,16-8-6-5-7-9-16)21-18(22)15-10-12-17(13-11-15)27(25,26)14(2)3/h5-14H,4H2,1-3H3,(H,21,22)(H,23,24). The summed E-state index contributed by atoms with van der Waals surface area (Å²) in [6.45, 7) is 4.84. The van der Waals surface area contributed by atoms with Gasteiger partial charge in [0, 0.05) is 5.56 Å². The average Bonchev–Trinajstić information content (AvgIpc) is 2.66. The Morgan fingerprint density at radius 1 is 1.04 bits per heavy atom. The zero-order valence-corrected chi connectivity index (χ0v) is 16.3. The third-order valence-corrected chi connectivity index (χ3v) is 6.73. The Bertz CT molecular complexity index is 921. The summed E-state index contributed by atoms with van der Waals surface area (Å²) in [5.41, 5.74) is -0.916. The van der Waals surface area contributed by atoms with E-state index in [2.05, 4.69) is 5.32 Å². The molecule has 0 aliphatic carbocycles.